The predicted octanol–water partition coefficient (Wildman–Crippen LogP) is 1.78. The molecule has 0 radical (unpaired) electrons. The number of amides is 1. The maximum absolute atomic E-state index is 11.9. The normalized spacial score (nSPS) is 9.95. The number of nitrogen functional groups attached to an aromatic ring is 1. The topological polar surface area (TPSA) is 96.7 Å². The van der Waals surface area contributed by atoms with Gasteiger partial charge in [0.15, 0.2) is 5.69 Å². The van der Waals surface area contributed by atoms with Crippen molar-refractivity contribution in [3.05, 3.63) is 40.7 Å². The highest BCUT2D eigenvalue weighted by Gasteiger charge is 2.14. The van der Waals surface area contributed by atoms with Gasteiger partial charge in [-0.25, -0.2) is 0 Å². The van der Waals surface area contributed by atoms with Crippen LogP contribution in [0.5, 0.6) is 0 Å². The van der Waals surface area contributed by atoms with Crippen molar-refractivity contribution < 1.29 is 4.79 Å². The van der Waals surface area contributed by atoms with E-state index in [2.05, 4.69) is 10.4 Å². The molecule has 2 aromatic rings. The van der Waals surface area contributed by atoms with E-state index in [1.807, 2.05) is 6.07 Å². The number of halogens is 1. The van der Waals surface area contributed by atoms with Gasteiger partial charge in [0.2, 0.25) is 0 Å². The van der Waals surface area contributed by atoms with Gasteiger partial charge < -0.3 is 11.1 Å². The Hall–Kier alpha value is -2.52. The van der Waals surface area contributed by atoms with Gasteiger partial charge in [-0.15, -0.1) is 0 Å². The molecule has 0 saturated heterocycles. The molecule has 1 aromatic carbocycles. The number of nitrogens with two attached hydrogens (primary N) is 1. The van der Waals surface area contributed by atoms with Crippen molar-refractivity contribution >= 4 is 28.9 Å². The lowest BCUT2D eigenvalue weighted by atomic mass is 10.2. The third kappa shape index (κ3) is 2.67. The van der Waals surface area contributed by atoms with Crippen molar-refractivity contribution in [1.82, 2.24) is 9.78 Å². The van der Waals surface area contributed by atoms with Crippen LogP contribution in [0.1, 0.15) is 16.1 Å². The lowest BCUT2D eigenvalue weighted by Gasteiger charge is -2.04. The Bertz CT molecular complexity index is 686. The maximum Gasteiger partial charge on any atom is 0.278 e. The fourth-order valence-corrected chi connectivity index (χ4v) is 1.72. The van der Waals surface area contributed by atoms with E-state index in [-0.39, 0.29) is 16.9 Å². The summed E-state index contributed by atoms with van der Waals surface area (Å²) in [5, 5.41) is 15.8. The molecule has 0 unspecified atom stereocenters. The van der Waals surface area contributed by atoms with E-state index >= 15 is 0 Å². The minimum atomic E-state index is -0.440. The lowest BCUT2D eigenvalue weighted by Crippen LogP contribution is -2.14. The highest BCUT2D eigenvalue weighted by molar-refractivity contribution is 6.31. The van der Waals surface area contributed by atoms with Crippen molar-refractivity contribution in [1.29, 1.82) is 5.26 Å². The molecular formula is C12H10ClN5O. The molecule has 1 aromatic heterocycles. The van der Waals surface area contributed by atoms with Crippen LogP contribution in [-0.2, 0) is 7.05 Å². The number of aryl methyl sites for hydroxylation is 1. The lowest BCUT2D eigenvalue weighted by molar-refractivity contribution is 0.102. The van der Waals surface area contributed by atoms with Gasteiger partial charge in [-0.3, -0.25) is 9.48 Å². The molecule has 0 aliphatic rings. The van der Waals surface area contributed by atoms with Crippen LogP contribution in [0.4, 0.5) is 11.4 Å². The summed E-state index contributed by atoms with van der Waals surface area (Å²) in [6.07, 6.45) is 1.54. The van der Waals surface area contributed by atoms with E-state index in [4.69, 9.17) is 22.6 Å². The number of nitrogens with zero attached hydrogens (tertiary/aromatic N) is 3. The van der Waals surface area contributed by atoms with Gasteiger partial charge in [-0.05, 0) is 18.2 Å². The van der Waals surface area contributed by atoms with E-state index in [1.54, 1.807) is 13.1 Å². The van der Waals surface area contributed by atoms with Crippen LogP contribution in [0.3, 0.4) is 0 Å². The Morgan fingerprint density at radius 3 is 2.89 bits per heavy atom. The zero-order chi connectivity index (χ0) is 14.0. The highest BCUT2D eigenvalue weighted by Crippen LogP contribution is 2.20. The molecule has 7 heteroatoms. The number of nitrogens with one attached hydrogen (secondary N) is 1. The number of nitriles is 1. The third-order valence-electron chi connectivity index (χ3n) is 2.42. The van der Waals surface area contributed by atoms with Crippen LogP contribution in [0.2, 0.25) is 5.02 Å². The van der Waals surface area contributed by atoms with E-state index in [0.717, 1.165) is 0 Å². The molecule has 1 heterocycles. The van der Waals surface area contributed by atoms with E-state index < -0.39 is 5.91 Å². The van der Waals surface area contributed by atoms with Crippen LogP contribution in [-0.4, -0.2) is 15.7 Å². The summed E-state index contributed by atoms with van der Waals surface area (Å²) in [4.78, 5) is 11.9. The number of rotatable bonds is 2. The standard InChI is InChI=1S/C12H10ClN5O/c1-18-6-10(15)11(17-18)12(19)16-8-2-3-9(13)7(4-8)5-14/h2-4,6H,15H2,1H3,(H,16,19). The Morgan fingerprint density at radius 1 is 1.58 bits per heavy atom. The highest BCUT2D eigenvalue weighted by atomic mass is 35.5. The number of carbonyl (C=O) groups excluding carboxylic acids is 1. The molecule has 1 amide bonds. The summed E-state index contributed by atoms with van der Waals surface area (Å²) in [6, 6.07) is 6.56. The monoisotopic (exact) mass is 275 g/mol. The number of hydrogen-bond donors (Lipinski definition) is 2. The van der Waals surface area contributed by atoms with Crippen molar-refractivity contribution in [2.75, 3.05) is 11.1 Å². The van der Waals surface area contributed by atoms with Crippen molar-refractivity contribution in [3.8, 4) is 6.07 Å². The summed E-state index contributed by atoms with van der Waals surface area (Å²) in [6.45, 7) is 0. The van der Waals surface area contributed by atoms with E-state index in [0.29, 0.717) is 10.7 Å². The molecule has 0 aliphatic carbocycles. The molecule has 0 aliphatic heterocycles. The Kier molecular flexibility index (Phi) is 3.40. The molecule has 0 saturated carbocycles. The molecular weight excluding hydrogens is 266 g/mol. The zero-order valence-electron chi connectivity index (χ0n) is 10.0. The van der Waals surface area contributed by atoms with Crippen molar-refractivity contribution in [3.63, 3.8) is 0 Å². The van der Waals surface area contributed by atoms with Gasteiger partial charge in [0.05, 0.1) is 16.3 Å². The summed E-state index contributed by atoms with van der Waals surface area (Å²) in [5.74, 6) is -0.440. The second-order valence-corrected chi connectivity index (χ2v) is 4.27. The van der Waals surface area contributed by atoms with Gasteiger partial charge >= 0.3 is 0 Å². The summed E-state index contributed by atoms with van der Waals surface area (Å²) in [5.41, 5.74) is 6.82. The Morgan fingerprint density at radius 2 is 2.32 bits per heavy atom. The van der Waals surface area contributed by atoms with Gasteiger partial charge in [-0.2, -0.15) is 10.4 Å². The molecule has 0 atom stereocenters. The second kappa shape index (κ2) is 5.00. The zero-order valence-corrected chi connectivity index (χ0v) is 10.8. The predicted molar refractivity (Wildman–Crippen MR) is 71.7 cm³/mol. The van der Waals surface area contributed by atoms with Crippen LogP contribution in [0, 0.1) is 11.3 Å². The molecule has 96 valence electrons. The Labute approximate surface area is 114 Å². The molecule has 6 nitrogen and oxygen atoms in total. The maximum atomic E-state index is 11.9. The van der Waals surface area contributed by atoms with Crippen LogP contribution >= 0.6 is 11.6 Å². The quantitative estimate of drug-likeness (QED) is 0.873. The van der Waals surface area contributed by atoms with Crippen molar-refractivity contribution in [2.45, 2.75) is 0 Å². The number of hydrogen-bond acceptors (Lipinski definition) is 4. The van der Waals surface area contributed by atoms with Gasteiger partial charge in [0, 0.05) is 18.9 Å². The minimum Gasteiger partial charge on any atom is -0.396 e. The molecule has 0 fully saturated rings. The third-order valence-corrected chi connectivity index (χ3v) is 2.75. The van der Waals surface area contributed by atoms with Gasteiger partial charge in [0.25, 0.3) is 5.91 Å². The first kappa shape index (κ1) is 12.9. The minimum absolute atomic E-state index is 0.135. The molecule has 0 bridgehead atoms. The SMILES string of the molecule is Cn1cc(N)c(C(=O)Nc2ccc(Cl)c(C#N)c2)n1. The van der Waals surface area contributed by atoms with E-state index in [1.165, 1.54) is 23.0 Å². The largest absolute Gasteiger partial charge is 0.396 e. The summed E-state index contributed by atoms with van der Waals surface area (Å²) >= 11 is 5.81. The first-order valence-corrected chi connectivity index (χ1v) is 5.69. The van der Waals surface area contributed by atoms with Crippen LogP contribution in [0.15, 0.2) is 24.4 Å². The van der Waals surface area contributed by atoms with Crippen LogP contribution < -0.4 is 11.1 Å². The second-order valence-electron chi connectivity index (χ2n) is 3.87. The summed E-state index contributed by atoms with van der Waals surface area (Å²) in [7, 11) is 1.67. The first-order chi connectivity index (χ1) is 9.01. The first-order valence-electron chi connectivity index (χ1n) is 5.31. The number of benzene rings is 1. The van der Waals surface area contributed by atoms with Crippen molar-refractivity contribution in [2.24, 2.45) is 7.05 Å². The average molecular weight is 276 g/mol. The number of anilines is 2. The fraction of sp³-hybridized carbons (Fsp3) is 0.0833. The Balaban J connectivity index is 2.25. The molecule has 2 rings (SSSR count). The number of carbonyl (C=O) groups is 1. The molecule has 3 N–H and O–H groups in total. The van der Waals surface area contributed by atoms with E-state index in [9.17, 15) is 4.79 Å². The summed E-state index contributed by atoms with van der Waals surface area (Å²) < 4.78 is 1.45. The van der Waals surface area contributed by atoms with Crippen LogP contribution in [0.25, 0.3) is 0 Å². The van der Waals surface area contributed by atoms with Gasteiger partial charge in [-0.1, -0.05) is 11.6 Å². The molecule has 0 spiro atoms. The molecule has 19 heavy (non-hydrogen) atoms. The number of aromatic nitrogens is 2. The average Bonchev–Trinajstić information content (AvgIpc) is 2.71. The smallest absolute Gasteiger partial charge is 0.278 e. The fourth-order valence-electron chi connectivity index (χ4n) is 1.56. The van der Waals surface area contributed by atoms with Gasteiger partial charge in [0.1, 0.15) is 6.07 Å².